The first kappa shape index (κ1) is 18.3. The van der Waals surface area contributed by atoms with Crippen molar-refractivity contribution in [2.24, 2.45) is 0 Å². The van der Waals surface area contributed by atoms with Crippen molar-refractivity contribution in [3.63, 3.8) is 0 Å². The van der Waals surface area contributed by atoms with Gasteiger partial charge in [-0.2, -0.15) is 0 Å². The second kappa shape index (κ2) is 8.33. The highest BCUT2D eigenvalue weighted by molar-refractivity contribution is 6.02. The molecule has 0 aromatic heterocycles. The minimum absolute atomic E-state index is 0.0337. The van der Waals surface area contributed by atoms with Gasteiger partial charge in [-0.3, -0.25) is 9.59 Å². The summed E-state index contributed by atoms with van der Waals surface area (Å²) in [4.78, 5) is 27.0. The molecule has 0 aliphatic carbocycles. The van der Waals surface area contributed by atoms with E-state index >= 15 is 0 Å². The van der Waals surface area contributed by atoms with Crippen molar-refractivity contribution in [3.8, 4) is 5.75 Å². The van der Waals surface area contributed by atoms with E-state index in [0.717, 1.165) is 18.8 Å². The molecule has 0 bridgehead atoms. The minimum Gasteiger partial charge on any atom is -0.478 e. The number of ether oxygens (including phenoxy) is 1. The molecule has 0 saturated carbocycles. The van der Waals surface area contributed by atoms with E-state index in [1.165, 1.54) is 31.4 Å². The molecule has 0 radical (unpaired) electrons. The van der Waals surface area contributed by atoms with Gasteiger partial charge in [0.2, 0.25) is 5.91 Å². The topological polar surface area (TPSA) is 70.7 Å². The summed E-state index contributed by atoms with van der Waals surface area (Å²) in [5.74, 6) is 0.0362. The van der Waals surface area contributed by atoms with Crippen LogP contribution in [0.25, 0.3) is 0 Å². The van der Waals surface area contributed by atoms with E-state index in [1.54, 1.807) is 12.1 Å². The van der Waals surface area contributed by atoms with E-state index in [0.29, 0.717) is 11.4 Å². The normalized spacial score (nSPS) is 19.1. The molecule has 1 atom stereocenters. The molecule has 2 aliphatic heterocycles. The number of fused-ring (bicyclic) bond motifs is 1. The Hall–Kier alpha value is -3.02. The monoisotopic (exact) mass is 379 g/mol. The van der Waals surface area contributed by atoms with Crippen LogP contribution in [0.15, 0.2) is 48.5 Å². The summed E-state index contributed by atoms with van der Waals surface area (Å²) < 4.78 is 5.68. The lowest BCUT2D eigenvalue weighted by Crippen LogP contribution is -2.39. The Labute approximate surface area is 164 Å². The fourth-order valence-corrected chi connectivity index (χ4v) is 3.69. The molecular formula is C22H25N3O3. The lowest BCUT2D eigenvalue weighted by atomic mass is 10.1. The van der Waals surface area contributed by atoms with Crippen LogP contribution in [0.5, 0.6) is 5.75 Å². The fourth-order valence-electron chi connectivity index (χ4n) is 3.69. The molecule has 4 rings (SSSR count). The molecule has 2 heterocycles. The first-order chi connectivity index (χ1) is 13.7. The van der Waals surface area contributed by atoms with Gasteiger partial charge in [-0.05, 0) is 49.2 Å². The molecule has 1 fully saturated rings. The minimum atomic E-state index is -0.828. The second-order valence-electron chi connectivity index (χ2n) is 7.29. The molecule has 2 aromatic rings. The van der Waals surface area contributed by atoms with E-state index < -0.39 is 6.10 Å². The number of carbonyl (C=O) groups excluding carboxylic acids is 2. The zero-order valence-electron chi connectivity index (χ0n) is 15.8. The maximum atomic E-state index is 12.4. The summed E-state index contributed by atoms with van der Waals surface area (Å²) in [6, 6.07) is 15.1. The van der Waals surface area contributed by atoms with Crippen LogP contribution >= 0.6 is 0 Å². The maximum absolute atomic E-state index is 12.4. The van der Waals surface area contributed by atoms with Crippen LogP contribution in [0.3, 0.4) is 0 Å². The van der Waals surface area contributed by atoms with Crippen molar-refractivity contribution >= 4 is 28.9 Å². The van der Waals surface area contributed by atoms with Crippen molar-refractivity contribution in [2.45, 2.75) is 38.2 Å². The third-order valence-corrected chi connectivity index (χ3v) is 5.20. The molecule has 6 heteroatoms. The zero-order chi connectivity index (χ0) is 19.3. The highest BCUT2D eigenvalue weighted by atomic mass is 16.5. The van der Waals surface area contributed by atoms with Crippen LogP contribution in [-0.4, -0.2) is 31.0 Å². The first-order valence-electron chi connectivity index (χ1n) is 9.90. The molecule has 2 amide bonds. The molecule has 0 spiro atoms. The van der Waals surface area contributed by atoms with Gasteiger partial charge in [-0.1, -0.05) is 25.0 Å². The Bertz CT molecular complexity index is 842. The summed E-state index contributed by atoms with van der Waals surface area (Å²) in [7, 11) is 0. The molecule has 6 nitrogen and oxygen atoms in total. The number of amides is 2. The molecule has 28 heavy (non-hydrogen) atoms. The number of benzene rings is 2. The lowest BCUT2D eigenvalue weighted by molar-refractivity contribution is -0.128. The Morgan fingerprint density at radius 1 is 1.04 bits per heavy atom. The number of rotatable bonds is 4. The van der Waals surface area contributed by atoms with E-state index in [-0.39, 0.29) is 18.2 Å². The third-order valence-electron chi connectivity index (χ3n) is 5.20. The number of hydrogen-bond acceptors (Lipinski definition) is 4. The van der Waals surface area contributed by atoms with Crippen LogP contribution < -0.4 is 20.3 Å². The van der Waals surface area contributed by atoms with Gasteiger partial charge < -0.3 is 20.3 Å². The van der Waals surface area contributed by atoms with Gasteiger partial charge in [-0.25, -0.2) is 0 Å². The summed E-state index contributed by atoms with van der Waals surface area (Å²) >= 11 is 0. The summed E-state index contributed by atoms with van der Waals surface area (Å²) in [6.07, 6.45) is 4.19. The SMILES string of the molecule is O=C(C[C@@H]1Oc2ccccc2NC1=O)Nc1ccc(N2CCCCCC2)cc1. The largest absolute Gasteiger partial charge is 0.478 e. The summed E-state index contributed by atoms with van der Waals surface area (Å²) in [6.45, 7) is 2.17. The Morgan fingerprint density at radius 3 is 2.50 bits per heavy atom. The Kier molecular flexibility index (Phi) is 5.46. The number of carbonyl (C=O) groups is 2. The Balaban J connectivity index is 1.34. The number of nitrogens with zero attached hydrogens (tertiary/aromatic N) is 1. The second-order valence-corrected chi connectivity index (χ2v) is 7.29. The van der Waals surface area contributed by atoms with Gasteiger partial charge in [0.05, 0.1) is 12.1 Å². The molecule has 146 valence electrons. The van der Waals surface area contributed by atoms with Crippen molar-refractivity contribution < 1.29 is 14.3 Å². The van der Waals surface area contributed by atoms with Crippen LogP contribution in [0.2, 0.25) is 0 Å². The quantitative estimate of drug-likeness (QED) is 0.848. The van der Waals surface area contributed by atoms with Crippen molar-refractivity contribution in [2.75, 3.05) is 28.6 Å². The van der Waals surface area contributed by atoms with Crippen LogP contribution in [0.4, 0.5) is 17.1 Å². The molecular weight excluding hydrogens is 354 g/mol. The van der Waals surface area contributed by atoms with E-state index in [9.17, 15) is 9.59 Å². The molecule has 2 aromatic carbocycles. The van der Waals surface area contributed by atoms with Crippen LogP contribution in [0.1, 0.15) is 32.1 Å². The van der Waals surface area contributed by atoms with E-state index in [2.05, 4.69) is 15.5 Å². The number of nitrogens with one attached hydrogen (secondary N) is 2. The standard InChI is InChI=1S/C22H25N3O3/c26-21(15-20-22(27)24-18-7-3-4-8-19(18)28-20)23-16-9-11-17(12-10-16)25-13-5-1-2-6-14-25/h3-4,7-12,20H,1-2,5-6,13-15H2,(H,23,26)(H,24,27)/t20-/m0/s1. The lowest BCUT2D eigenvalue weighted by Gasteiger charge is -2.25. The predicted octanol–water partition coefficient (Wildman–Crippen LogP) is 3.80. The molecule has 2 N–H and O–H groups in total. The average Bonchev–Trinajstić information content (AvgIpc) is 2.99. The smallest absolute Gasteiger partial charge is 0.266 e. The Morgan fingerprint density at radius 2 is 1.75 bits per heavy atom. The summed E-state index contributed by atoms with van der Waals surface area (Å²) in [5, 5.41) is 5.64. The van der Waals surface area contributed by atoms with Gasteiger partial charge in [0.1, 0.15) is 5.75 Å². The predicted molar refractivity (Wildman–Crippen MR) is 110 cm³/mol. The third kappa shape index (κ3) is 4.27. The number of hydrogen-bond donors (Lipinski definition) is 2. The van der Waals surface area contributed by atoms with Gasteiger partial charge in [0.25, 0.3) is 5.91 Å². The van der Waals surface area contributed by atoms with Crippen LogP contribution in [0, 0.1) is 0 Å². The van der Waals surface area contributed by atoms with Crippen molar-refractivity contribution in [1.82, 2.24) is 0 Å². The number of para-hydroxylation sites is 2. The first-order valence-corrected chi connectivity index (χ1v) is 9.90. The van der Waals surface area contributed by atoms with Crippen molar-refractivity contribution in [3.05, 3.63) is 48.5 Å². The maximum Gasteiger partial charge on any atom is 0.266 e. The molecule has 0 unspecified atom stereocenters. The van der Waals surface area contributed by atoms with E-state index in [1.807, 2.05) is 36.4 Å². The average molecular weight is 379 g/mol. The highest BCUT2D eigenvalue weighted by Gasteiger charge is 2.29. The fraction of sp³-hybridized carbons (Fsp3) is 0.364. The zero-order valence-corrected chi connectivity index (χ0v) is 15.8. The highest BCUT2D eigenvalue weighted by Crippen LogP contribution is 2.29. The van der Waals surface area contributed by atoms with Crippen molar-refractivity contribution in [1.29, 1.82) is 0 Å². The molecule has 1 saturated heterocycles. The van der Waals surface area contributed by atoms with Gasteiger partial charge in [-0.15, -0.1) is 0 Å². The summed E-state index contributed by atoms with van der Waals surface area (Å²) in [5.41, 5.74) is 2.54. The van der Waals surface area contributed by atoms with Gasteiger partial charge in [0, 0.05) is 24.5 Å². The van der Waals surface area contributed by atoms with Gasteiger partial charge in [0.15, 0.2) is 6.10 Å². The van der Waals surface area contributed by atoms with Gasteiger partial charge >= 0.3 is 0 Å². The molecule has 2 aliphatic rings. The van der Waals surface area contributed by atoms with Crippen LogP contribution in [-0.2, 0) is 9.59 Å². The number of anilines is 3. The van der Waals surface area contributed by atoms with E-state index in [4.69, 9.17) is 4.74 Å².